The summed E-state index contributed by atoms with van der Waals surface area (Å²) in [5.74, 6) is 1.36. The molecule has 1 fully saturated rings. The van der Waals surface area contributed by atoms with Crippen LogP contribution < -0.4 is 10.3 Å². The smallest absolute Gasteiger partial charge is 0.296 e. The summed E-state index contributed by atoms with van der Waals surface area (Å²) in [5, 5.41) is 12.6. The minimum atomic E-state index is -3.96. The van der Waals surface area contributed by atoms with E-state index in [2.05, 4.69) is 20.3 Å². The van der Waals surface area contributed by atoms with Gasteiger partial charge in [0.05, 0.1) is 17.1 Å². The maximum atomic E-state index is 12.5. The van der Waals surface area contributed by atoms with Crippen LogP contribution in [0.1, 0.15) is 44.3 Å². The number of nitrogens with one attached hydrogen (secondary N) is 1. The van der Waals surface area contributed by atoms with E-state index in [9.17, 15) is 13.2 Å². The van der Waals surface area contributed by atoms with Crippen LogP contribution in [0.25, 0.3) is 17.0 Å². The van der Waals surface area contributed by atoms with Crippen LogP contribution in [0.4, 0.5) is 0 Å². The van der Waals surface area contributed by atoms with Crippen molar-refractivity contribution in [1.29, 1.82) is 0 Å². The Morgan fingerprint density at radius 2 is 2.04 bits per heavy atom. The number of H-pyrrole nitrogens is 1. The zero-order valence-electron chi connectivity index (χ0n) is 15.1. The third-order valence-corrected chi connectivity index (χ3v) is 6.16. The van der Waals surface area contributed by atoms with E-state index in [1.807, 2.05) is 0 Å². The monoisotopic (exact) mass is 423 g/mol. The van der Waals surface area contributed by atoms with Crippen LogP contribution in [0.5, 0.6) is 5.75 Å². The molecule has 2 aromatic heterocycles. The molecule has 148 valence electrons. The molecule has 0 unspecified atom stereocenters. The molecule has 9 nitrogen and oxygen atoms in total. The van der Waals surface area contributed by atoms with Crippen LogP contribution in [0, 0.1) is 0 Å². The molecule has 1 aliphatic rings. The lowest BCUT2D eigenvalue weighted by Crippen LogP contribution is -2.16. The van der Waals surface area contributed by atoms with Gasteiger partial charge in [-0.05, 0) is 38.0 Å². The van der Waals surface area contributed by atoms with Gasteiger partial charge in [0.25, 0.3) is 14.6 Å². The summed E-state index contributed by atoms with van der Waals surface area (Å²) in [5.41, 5.74) is -0.0540. The highest BCUT2D eigenvalue weighted by Gasteiger charge is 2.25. The van der Waals surface area contributed by atoms with Gasteiger partial charge in [-0.1, -0.05) is 12.8 Å². The SMILES string of the molecule is CCOc1ccc(S(=O)(=O)Cl)cc1-c1nn2c(C3CCCC3)nnc2c(=O)[nH]1. The molecule has 4 rings (SSSR count). The molecule has 28 heavy (non-hydrogen) atoms. The number of hydrogen-bond donors (Lipinski definition) is 1. The summed E-state index contributed by atoms with van der Waals surface area (Å²) >= 11 is 0. The Balaban J connectivity index is 1.93. The van der Waals surface area contributed by atoms with Crippen LogP contribution in [0.2, 0.25) is 0 Å². The van der Waals surface area contributed by atoms with Crippen molar-refractivity contribution in [3.05, 3.63) is 34.4 Å². The number of hydrogen-bond acceptors (Lipinski definition) is 7. The molecule has 0 spiro atoms. The minimum Gasteiger partial charge on any atom is -0.493 e. The molecule has 11 heteroatoms. The Morgan fingerprint density at radius 3 is 2.71 bits per heavy atom. The van der Waals surface area contributed by atoms with Gasteiger partial charge in [0.15, 0.2) is 11.6 Å². The first-order valence-electron chi connectivity index (χ1n) is 8.96. The molecule has 0 atom stereocenters. The van der Waals surface area contributed by atoms with Crippen LogP contribution >= 0.6 is 10.7 Å². The lowest BCUT2D eigenvalue weighted by atomic mass is 10.1. The number of benzene rings is 1. The third kappa shape index (κ3) is 3.37. The summed E-state index contributed by atoms with van der Waals surface area (Å²) in [6.45, 7) is 2.15. The van der Waals surface area contributed by atoms with Gasteiger partial charge in [-0.3, -0.25) is 4.79 Å². The summed E-state index contributed by atoms with van der Waals surface area (Å²) in [4.78, 5) is 15.1. The molecule has 0 aliphatic heterocycles. The van der Waals surface area contributed by atoms with Crippen LogP contribution in [-0.2, 0) is 9.05 Å². The van der Waals surface area contributed by atoms with E-state index in [4.69, 9.17) is 15.4 Å². The summed E-state index contributed by atoms with van der Waals surface area (Å²) < 4.78 is 30.5. The Labute approximate surface area is 165 Å². The van der Waals surface area contributed by atoms with Gasteiger partial charge < -0.3 is 9.72 Å². The first-order valence-corrected chi connectivity index (χ1v) is 11.3. The Bertz CT molecular complexity index is 1200. The normalized spacial score (nSPS) is 15.4. The fraction of sp³-hybridized carbons (Fsp3) is 0.412. The van der Waals surface area contributed by atoms with Crippen molar-refractivity contribution in [3.8, 4) is 17.1 Å². The van der Waals surface area contributed by atoms with Crippen molar-refractivity contribution < 1.29 is 13.2 Å². The zero-order valence-corrected chi connectivity index (χ0v) is 16.6. The molecule has 1 saturated carbocycles. The number of fused-ring (bicyclic) bond motifs is 1. The second kappa shape index (κ2) is 7.17. The number of halogens is 1. The number of nitrogens with zero attached hydrogens (tertiary/aromatic N) is 4. The number of ether oxygens (including phenoxy) is 1. The molecule has 2 heterocycles. The first kappa shape index (κ1) is 18.9. The maximum Gasteiger partial charge on any atom is 0.296 e. The predicted octanol–water partition coefficient (Wildman–Crippen LogP) is 2.46. The molecule has 0 amide bonds. The van der Waals surface area contributed by atoms with Gasteiger partial charge in [-0.15, -0.1) is 15.3 Å². The number of rotatable bonds is 5. The summed E-state index contributed by atoms with van der Waals surface area (Å²) in [6, 6.07) is 4.16. The molecule has 0 radical (unpaired) electrons. The second-order valence-corrected chi connectivity index (χ2v) is 9.17. The molecule has 1 aliphatic carbocycles. The average Bonchev–Trinajstić information content (AvgIpc) is 3.30. The number of aromatic amines is 1. The zero-order chi connectivity index (χ0) is 19.9. The quantitative estimate of drug-likeness (QED) is 0.626. The second-order valence-electron chi connectivity index (χ2n) is 6.61. The summed E-state index contributed by atoms with van der Waals surface area (Å²) in [7, 11) is 1.52. The largest absolute Gasteiger partial charge is 0.493 e. The molecule has 0 saturated heterocycles. The highest BCUT2D eigenvalue weighted by molar-refractivity contribution is 8.13. The van der Waals surface area contributed by atoms with Gasteiger partial charge in [-0.2, -0.15) is 4.52 Å². The first-order chi connectivity index (χ1) is 13.4. The molecule has 1 N–H and O–H groups in total. The van der Waals surface area contributed by atoms with Crippen molar-refractivity contribution in [2.75, 3.05) is 6.61 Å². The van der Waals surface area contributed by atoms with Gasteiger partial charge in [0, 0.05) is 16.6 Å². The topological polar surface area (TPSA) is 119 Å². The van der Waals surface area contributed by atoms with Crippen molar-refractivity contribution >= 4 is 25.4 Å². The van der Waals surface area contributed by atoms with Crippen LogP contribution in [-0.4, -0.2) is 39.8 Å². The fourth-order valence-electron chi connectivity index (χ4n) is 3.51. The average molecular weight is 424 g/mol. The van der Waals surface area contributed by atoms with Crippen molar-refractivity contribution in [3.63, 3.8) is 0 Å². The fourth-order valence-corrected chi connectivity index (χ4v) is 4.28. The molecule has 1 aromatic carbocycles. The molecule has 0 bridgehead atoms. The van der Waals surface area contributed by atoms with Gasteiger partial charge in [-0.25, -0.2) is 8.42 Å². The van der Waals surface area contributed by atoms with Crippen molar-refractivity contribution in [2.45, 2.75) is 43.4 Å². The van der Waals surface area contributed by atoms with E-state index < -0.39 is 14.6 Å². The highest BCUT2D eigenvalue weighted by atomic mass is 35.7. The Kier molecular flexibility index (Phi) is 4.84. The molecule has 3 aromatic rings. The molecular weight excluding hydrogens is 406 g/mol. The van der Waals surface area contributed by atoms with Gasteiger partial charge in [0.1, 0.15) is 5.75 Å². The van der Waals surface area contributed by atoms with E-state index in [1.54, 1.807) is 6.92 Å². The minimum absolute atomic E-state index is 0.102. The van der Waals surface area contributed by atoms with E-state index in [1.165, 1.54) is 22.7 Å². The Morgan fingerprint density at radius 1 is 1.29 bits per heavy atom. The van der Waals surface area contributed by atoms with E-state index in [0.717, 1.165) is 25.7 Å². The van der Waals surface area contributed by atoms with Gasteiger partial charge in [0.2, 0.25) is 5.65 Å². The lowest BCUT2D eigenvalue weighted by Gasteiger charge is -2.11. The highest BCUT2D eigenvalue weighted by Crippen LogP contribution is 2.34. The third-order valence-electron chi connectivity index (χ3n) is 4.81. The van der Waals surface area contributed by atoms with E-state index in [0.29, 0.717) is 23.7 Å². The predicted molar refractivity (Wildman–Crippen MR) is 102 cm³/mol. The maximum absolute atomic E-state index is 12.5. The van der Waals surface area contributed by atoms with Crippen LogP contribution in [0.15, 0.2) is 27.9 Å². The van der Waals surface area contributed by atoms with Crippen molar-refractivity contribution in [2.24, 2.45) is 0 Å². The van der Waals surface area contributed by atoms with Gasteiger partial charge >= 0.3 is 0 Å². The van der Waals surface area contributed by atoms with E-state index >= 15 is 0 Å². The Hall–Kier alpha value is -2.46. The molecular formula is C17H18ClN5O4S. The van der Waals surface area contributed by atoms with Crippen molar-refractivity contribution in [1.82, 2.24) is 24.8 Å². The lowest BCUT2D eigenvalue weighted by molar-refractivity contribution is 0.341. The standard InChI is InChI=1S/C17H18ClN5O4S/c1-2-27-13-8-7-11(28(18,25)26)9-12(13)14-19-17(24)16-21-20-15(23(16)22-14)10-5-3-4-6-10/h7-10H,2-6H2,1H3,(H,19,22,24). The summed E-state index contributed by atoms with van der Waals surface area (Å²) in [6.07, 6.45) is 4.13. The van der Waals surface area contributed by atoms with E-state index in [-0.39, 0.29) is 22.3 Å². The van der Waals surface area contributed by atoms with Crippen LogP contribution in [0.3, 0.4) is 0 Å². The number of aromatic nitrogens is 5.